The highest BCUT2D eigenvalue weighted by Crippen LogP contribution is 2.33. The van der Waals surface area contributed by atoms with Gasteiger partial charge in [-0.25, -0.2) is 4.98 Å². The number of carbonyl (C=O) groups excluding carboxylic acids is 1. The first kappa shape index (κ1) is 16.7. The van der Waals surface area contributed by atoms with E-state index in [1.165, 1.54) is 10.4 Å². The van der Waals surface area contributed by atoms with Crippen LogP contribution in [0.2, 0.25) is 0 Å². The van der Waals surface area contributed by atoms with Crippen LogP contribution in [0.4, 0.5) is 0 Å². The highest BCUT2D eigenvalue weighted by atomic mass is 32.1. The van der Waals surface area contributed by atoms with Crippen molar-refractivity contribution in [2.75, 3.05) is 20.6 Å². The van der Waals surface area contributed by atoms with Crippen LogP contribution < -0.4 is 5.56 Å². The van der Waals surface area contributed by atoms with Crippen molar-refractivity contribution >= 4 is 27.5 Å². The second-order valence-corrected chi connectivity index (χ2v) is 8.40. The molecule has 0 aromatic carbocycles. The normalized spacial score (nSPS) is 21.3. The Hall–Kier alpha value is -1.73. The summed E-state index contributed by atoms with van der Waals surface area (Å²) >= 11 is 1.60. The molecule has 4 rings (SSSR count). The number of amides is 1. The fourth-order valence-corrected chi connectivity index (χ4v) is 5.16. The van der Waals surface area contributed by atoms with Gasteiger partial charge in [0.15, 0.2) is 0 Å². The second kappa shape index (κ2) is 6.21. The Bertz CT molecular complexity index is 901. The molecule has 0 N–H and O–H groups in total. The van der Waals surface area contributed by atoms with Crippen molar-refractivity contribution in [1.29, 1.82) is 0 Å². The smallest absolute Gasteiger partial charge is 0.271 e. The first-order chi connectivity index (χ1) is 12.0. The van der Waals surface area contributed by atoms with Crippen LogP contribution in [-0.4, -0.2) is 45.9 Å². The van der Waals surface area contributed by atoms with Crippen molar-refractivity contribution in [3.8, 4) is 0 Å². The van der Waals surface area contributed by atoms with Crippen molar-refractivity contribution in [2.45, 2.75) is 45.8 Å². The molecular weight excluding hydrogens is 336 g/mol. The summed E-state index contributed by atoms with van der Waals surface area (Å²) < 4.78 is 2.52. The van der Waals surface area contributed by atoms with Crippen molar-refractivity contribution in [3.05, 3.63) is 26.6 Å². The van der Waals surface area contributed by atoms with Gasteiger partial charge < -0.3 is 9.80 Å². The first-order valence-electron chi connectivity index (χ1n) is 8.97. The molecule has 2 aliphatic heterocycles. The first-order valence-corrected chi connectivity index (χ1v) is 9.78. The molecule has 0 fully saturated rings. The number of fused-ring (bicyclic) bond motifs is 4. The predicted molar refractivity (Wildman–Crippen MR) is 98.8 cm³/mol. The van der Waals surface area contributed by atoms with Gasteiger partial charge in [-0.05, 0) is 19.9 Å². The third-order valence-electron chi connectivity index (χ3n) is 5.35. The number of hydrogen-bond acceptors (Lipinski definition) is 5. The van der Waals surface area contributed by atoms with Crippen molar-refractivity contribution in [2.24, 2.45) is 5.92 Å². The summed E-state index contributed by atoms with van der Waals surface area (Å²) in [6.45, 7) is 4.81. The molecule has 2 aliphatic rings. The maximum atomic E-state index is 13.2. The number of likely N-dealkylation sites (N-methyl/N-ethyl adjacent to an activating group) is 1. The lowest BCUT2D eigenvalue weighted by Crippen LogP contribution is -2.31. The van der Waals surface area contributed by atoms with E-state index in [2.05, 4.69) is 18.9 Å². The molecule has 2 aromatic rings. The van der Waals surface area contributed by atoms with E-state index in [-0.39, 0.29) is 17.4 Å². The Morgan fingerprint density at radius 2 is 2.04 bits per heavy atom. The molecule has 2 aromatic heterocycles. The summed E-state index contributed by atoms with van der Waals surface area (Å²) in [6, 6.07) is 0. The summed E-state index contributed by atoms with van der Waals surface area (Å²) in [5, 5.41) is 0. The van der Waals surface area contributed by atoms with Crippen LogP contribution in [0, 0.1) is 5.92 Å². The van der Waals surface area contributed by atoms with Gasteiger partial charge in [-0.1, -0.05) is 13.3 Å². The van der Waals surface area contributed by atoms with Crippen LogP contribution in [0.3, 0.4) is 0 Å². The summed E-state index contributed by atoms with van der Waals surface area (Å²) in [5.74, 6) is 0.714. The molecule has 25 heavy (non-hydrogen) atoms. The SMILES string of the molecule is CCCC1Cn2c(nc3c4c(sc3c2=O)CCN(C)C4)CN(C)C1=O. The van der Waals surface area contributed by atoms with Gasteiger partial charge in [-0.3, -0.25) is 14.2 Å². The minimum atomic E-state index is -0.131. The highest BCUT2D eigenvalue weighted by molar-refractivity contribution is 7.19. The predicted octanol–water partition coefficient (Wildman–Crippen LogP) is 1.83. The lowest BCUT2D eigenvalue weighted by Gasteiger charge is -2.22. The summed E-state index contributed by atoms with van der Waals surface area (Å²) in [7, 11) is 3.92. The van der Waals surface area contributed by atoms with Crippen molar-refractivity contribution < 1.29 is 4.79 Å². The highest BCUT2D eigenvalue weighted by Gasteiger charge is 2.30. The molecule has 134 valence electrons. The fraction of sp³-hybridized carbons (Fsp3) is 0.611. The number of carbonyl (C=O) groups is 1. The summed E-state index contributed by atoms with van der Waals surface area (Å²) in [4.78, 5) is 35.9. The zero-order valence-electron chi connectivity index (χ0n) is 15.0. The molecule has 0 aliphatic carbocycles. The van der Waals surface area contributed by atoms with E-state index in [0.717, 1.165) is 48.4 Å². The Balaban J connectivity index is 1.89. The topological polar surface area (TPSA) is 58.4 Å². The molecule has 0 radical (unpaired) electrons. The Kier molecular flexibility index (Phi) is 4.16. The number of thiophene rings is 1. The molecule has 6 nitrogen and oxygen atoms in total. The number of nitrogens with zero attached hydrogens (tertiary/aromatic N) is 4. The van der Waals surface area contributed by atoms with Crippen LogP contribution in [-0.2, 0) is 30.8 Å². The van der Waals surface area contributed by atoms with Gasteiger partial charge in [0.25, 0.3) is 5.56 Å². The molecule has 0 spiro atoms. The third-order valence-corrected chi connectivity index (χ3v) is 6.62. The van der Waals surface area contributed by atoms with E-state index in [1.54, 1.807) is 20.8 Å². The third kappa shape index (κ3) is 2.69. The molecule has 1 amide bonds. The second-order valence-electron chi connectivity index (χ2n) is 7.29. The van der Waals surface area contributed by atoms with Gasteiger partial charge >= 0.3 is 0 Å². The van der Waals surface area contributed by atoms with E-state index >= 15 is 0 Å². The molecule has 0 bridgehead atoms. The Labute approximate surface area is 151 Å². The molecule has 1 atom stereocenters. The van der Waals surface area contributed by atoms with E-state index in [1.807, 2.05) is 7.05 Å². The molecule has 1 unspecified atom stereocenters. The fourth-order valence-electron chi connectivity index (χ4n) is 3.97. The lowest BCUT2D eigenvalue weighted by atomic mass is 10.0. The zero-order chi connectivity index (χ0) is 17.7. The number of aromatic nitrogens is 2. The standard InChI is InChI=1S/C18H24N4O2S/c1-4-5-11-8-22-14(10-21(3)17(11)23)19-15-12-9-20(2)7-6-13(12)25-16(15)18(22)24/h11H,4-10H2,1-3H3. The molecule has 0 saturated carbocycles. The summed E-state index contributed by atoms with van der Waals surface area (Å²) in [5.41, 5.74) is 2.10. The molecule has 7 heteroatoms. The maximum Gasteiger partial charge on any atom is 0.271 e. The molecular formula is C18H24N4O2S. The van der Waals surface area contributed by atoms with Gasteiger partial charge in [0.2, 0.25) is 5.91 Å². The summed E-state index contributed by atoms with van der Waals surface area (Å²) in [6.07, 6.45) is 2.72. The van der Waals surface area contributed by atoms with Crippen LogP contribution in [0.25, 0.3) is 10.2 Å². The quantitative estimate of drug-likeness (QED) is 0.820. The van der Waals surface area contributed by atoms with E-state index in [4.69, 9.17) is 4.98 Å². The number of hydrogen-bond donors (Lipinski definition) is 0. The van der Waals surface area contributed by atoms with Gasteiger partial charge in [0.1, 0.15) is 10.5 Å². The maximum absolute atomic E-state index is 13.2. The average Bonchev–Trinajstić information content (AvgIpc) is 2.89. The molecule has 4 heterocycles. The average molecular weight is 360 g/mol. The largest absolute Gasteiger partial charge is 0.338 e. The van der Waals surface area contributed by atoms with Crippen LogP contribution >= 0.6 is 11.3 Å². The number of rotatable bonds is 2. The minimum Gasteiger partial charge on any atom is -0.338 e. The van der Waals surface area contributed by atoms with Crippen molar-refractivity contribution in [3.63, 3.8) is 0 Å². The van der Waals surface area contributed by atoms with E-state index in [9.17, 15) is 9.59 Å². The Morgan fingerprint density at radius 1 is 1.24 bits per heavy atom. The van der Waals surface area contributed by atoms with Crippen LogP contribution in [0.1, 0.15) is 36.0 Å². The van der Waals surface area contributed by atoms with Gasteiger partial charge in [0.05, 0.1) is 18.0 Å². The Morgan fingerprint density at radius 3 is 2.80 bits per heavy atom. The van der Waals surface area contributed by atoms with Crippen molar-refractivity contribution in [1.82, 2.24) is 19.4 Å². The van der Waals surface area contributed by atoms with E-state index < -0.39 is 0 Å². The van der Waals surface area contributed by atoms with E-state index in [0.29, 0.717) is 13.1 Å². The van der Waals surface area contributed by atoms with Crippen LogP contribution in [0.5, 0.6) is 0 Å². The lowest BCUT2D eigenvalue weighted by molar-refractivity contribution is -0.134. The van der Waals surface area contributed by atoms with Gasteiger partial charge in [-0.2, -0.15) is 0 Å². The monoisotopic (exact) mass is 360 g/mol. The molecule has 0 saturated heterocycles. The van der Waals surface area contributed by atoms with Gasteiger partial charge in [0, 0.05) is 37.1 Å². The minimum absolute atomic E-state index is 0.0336. The van der Waals surface area contributed by atoms with Crippen LogP contribution in [0.15, 0.2) is 4.79 Å². The zero-order valence-corrected chi connectivity index (χ0v) is 15.9. The van der Waals surface area contributed by atoms with Gasteiger partial charge in [-0.15, -0.1) is 11.3 Å².